The molecule has 4 rings (SSSR count). The topological polar surface area (TPSA) is 47.8 Å². The Morgan fingerprint density at radius 3 is 2.48 bits per heavy atom. The second-order valence-electron chi connectivity index (χ2n) is 5.58. The lowest BCUT2D eigenvalue weighted by Crippen LogP contribution is -2.03. The number of hydrogen-bond acceptors (Lipinski definition) is 4. The number of nitrogens with zero attached hydrogens (tertiary/aromatic N) is 1. The fraction of sp³-hybridized carbons (Fsp3) is 0.211. The monoisotopic (exact) mass is 307 g/mol. The normalized spacial score (nSPS) is 16.3. The van der Waals surface area contributed by atoms with Gasteiger partial charge in [0, 0.05) is 11.1 Å². The van der Waals surface area contributed by atoms with Crippen LogP contribution in [-0.4, -0.2) is 24.3 Å². The Kier molecular flexibility index (Phi) is 3.60. The van der Waals surface area contributed by atoms with E-state index in [1.165, 1.54) is 0 Å². The van der Waals surface area contributed by atoms with Crippen LogP contribution in [0.4, 0.5) is 0 Å². The molecule has 1 fully saturated rings. The van der Waals surface area contributed by atoms with E-state index in [1.54, 1.807) is 0 Å². The molecule has 4 nitrogen and oxygen atoms in total. The van der Waals surface area contributed by atoms with E-state index in [0.717, 1.165) is 34.9 Å². The van der Waals surface area contributed by atoms with Gasteiger partial charge in [-0.1, -0.05) is 30.3 Å². The van der Waals surface area contributed by atoms with Crippen molar-refractivity contribution in [1.29, 1.82) is 0 Å². The summed E-state index contributed by atoms with van der Waals surface area (Å²) >= 11 is 0. The SMILES string of the molecule is Cc1oc(-c2ccc(OCC3CO3)cc2)nc1-c1ccccc1. The molecule has 2 heterocycles. The molecule has 1 aliphatic rings. The van der Waals surface area contributed by atoms with E-state index in [2.05, 4.69) is 4.98 Å². The summed E-state index contributed by atoms with van der Waals surface area (Å²) in [5.74, 6) is 2.27. The predicted octanol–water partition coefficient (Wildman–Crippen LogP) is 4.09. The first-order valence-electron chi connectivity index (χ1n) is 7.67. The van der Waals surface area contributed by atoms with Gasteiger partial charge in [0.2, 0.25) is 5.89 Å². The summed E-state index contributed by atoms with van der Waals surface area (Å²) in [6.45, 7) is 3.34. The van der Waals surface area contributed by atoms with Crippen LogP contribution in [0.25, 0.3) is 22.7 Å². The van der Waals surface area contributed by atoms with Crippen molar-refractivity contribution in [1.82, 2.24) is 4.98 Å². The Bertz CT molecular complexity index is 789. The van der Waals surface area contributed by atoms with Crippen LogP contribution in [0.15, 0.2) is 59.0 Å². The third-order valence-corrected chi connectivity index (χ3v) is 3.78. The van der Waals surface area contributed by atoms with Crippen LogP contribution in [0.5, 0.6) is 5.75 Å². The van der Waals surface area contributed by atoms with E-state index < -0.39 is 0 Å². The van der Waals surface area contributed by atoms with Gasteiger partial charge in [0.05, 0.1) is 6.61 Å². The van der Waals surface area contributed by atoms with E-state index >= 15 is 0 Å². The Labute approximate surface area is 134 Å². The molecule has 1 aromatic heterocycles. The van der Waals surface area contributed by atoms with Crippen LogP contribution in [0, 0.1) is 6.92 Å². The molecule has 1 saturated heterocycles. The van der Waals surface area contributed by atoms with Crippen LogP contribution in [-0.2, 0) is 4.74 Å². The molecule has 0 aliphatic carbocycles. The molecule has 1 unspecified atom stereocenters. The minimum absolute atomic E-state index is 0.262. The number of aromatic nitrogens is 1. The molecule has 0 N–H and O–H groups in total. The molecule has 116 valence electrons. The Hall–Kier alpha value is -2.59. The van der Waals surface area contributed by atoms with Gasteiger partial charge in [-0.2, -0.15) is 0 Å². The number of oxazole rings is 1. The van der Waals surface area contributed by atoms with E-state index in [1.807, 2.05) is 61.5 Å². The van der Waals surface area contributed by atoms with E-state index in [0.29, 0.717) is 12.5 Å². The molecule has 1 aliphatic heterocycles. The lowest BCUT2D eigenvalue weighted by Gasteiger charge is -2.04. The predicted molar refractivity (Wildman–Crippen MR) is 87.3 cm³/mol. The van der Waals surface area contributed by atoms with Crippen molar-refractivity contribution in [2.75, 3.05) is 13.2 Å². The minimum atomic E-state index is 0.262. The number of ether oxygens (including phenoxy) is 2. The quantitative estimate of drug-likeness (QED) is 0.666. The van der Waals surface area contributed by atoms with Crippen molar-refractivity contribution >= 4 is 0 Å². The Morgan fingerprint density at radius 1 is 1.04 bits per heavy atom. The second kappa shape index (κ2) is 5.89. The molecule has 4 heteroatoms. The highest BCUT2D eigenvalue weighted by molar-refractivity contribution is 5.65. The molecule has 0 saturated carbocycles. The van der Waals surface area contributed by atoms with Gasteiger partial charge in [-0.05, 0) is 31.2 Å². The average Bonchev–Trinajstić information content (AvgIpc) is 3.35. The number of benzene rings is 2. The first kappa shape index (κ1) is 14.0. The summed E-state index contributed by atoms with van der Waals surface area (Å²) in [4.78, 5) is 4.64. The maximum atomic E-state index is 5.83. The number of rotatable bonds is 5. The molecular formula is C19H17NO3. The molecule has 1 atom stereocenters. The minimum Gasteiger partial charge on any atom is -0.491 e. The summed E-state index contributed by atoms with van der Waals surface area (Å²) in [6.07, 6.45) is 0.262. The number of epoxide rings is 1. The molecule has 0 radical (unpaired) electrons. The zero-order valence-electron chi connectivity index (χ0n) is 12.9. The third-order valence-electron chi connectivity index (χ3n) is 3.78. The number of aryl methyl sites for hydroxylation is 1. The Morgan fingerprint density at radius 2 is 1.78 bits per heavy atom. The third kappa shape index (κ3) is 3.12. The van der Waals surface area contributed by atoms with Gasteiger partial charge in [0.15, 0.2) is 0 Å². The van der Waals surface area contributed by atoms with E-state index in [-0.39, 0.29) is 6.10 Å². The van der Waals surface area contributed by atoms with Crippen LogP contribution >= 0.6 is 0 Å². The van der Waals surface area contributed by atoms with Gasteiger partial charge in [0.1, 0.15) is 29.9 Å². The fourth-order valence-electron chi connectivity index (χ4n) is 2.43. The summed E-state index contributed by atoms with van der Waals surface area (Å²) in [7, 11) is 0. The first-order valence-corrected chi connectivity index (χ1v) is 7.67. The van der Waals surface area contributed by atoms with Crippen molar-refractivity contribution in [2.45, 2.75) is 13.0 Å². The highest BCUT2D eigenvalue weighted by Crippen LogP contribution is 2.29. The van der Waals surface area contributed by atoms with Crippen molar-refractivity contribution in [3.8, 4) is 28.5 Å². The molecule has 0 spiro atoms. The molecule has 0 bridgehead atoms. The molecule has 23 heavy (non-hydrogen) atoms. The smallest absolute Gasteiger partial charge is 0.226 e. The molecular weight excluding hydrogens is 290 g/mol. The van der Waals surface area contributed by atoms with Crippen LogP contribution in [0.3, 0.4) is 0 Å². The van der Waals surface area contributed by atoms with Gasteiger partial charge in [-0.3, -0.25) is 0 Å². The van der Waals surface area contributed by atoms with Crippen LogP contribution < -0.4 is 4.74 Å². The maximum Gasteiger partial charge on any atom is 0.226 e. The zero-order chi connectivity index (χ0) is 15.6. The second-order valence-corrected chi connectivity index (χ2v) is 5.58. The van der Waals surface area contributed by atoms with E-state index in [9.17, 15) is 0 Å². The van der Waals surface area contributed by atoms with Crippen LogP contribution in [0.1, 0.15) is 5.76 Å². The summed E-state index contributed by atoms with van der Waals surface area (Å²) < 4.78 is 16.6. The van der Waals surface area contributed by atoms with Crippen molar-refractivity contribution in [3.05, 3.63) is 60.4 Å². The summed E-state index contributed by atoms with van der Waals surface area (Å²) in [5.41, 5.74) is 2.88. The fourth-order valence-corrected chi connectivity index (χ4v) is 2.43. The van der Waals surface area contributed by atoms with Crippen LogP contribution in [0.2, 0.25) is 0 Å². The molecule has 0 amide bonds. The van der Waals surface area contributed by atoms with Gasteiger partial charge >= 0.3 is 0 Å². The molecule has 2 aromatic carbocycles. The van der Waals surface area contributed by atoms with Gasteiger partial charge in [-0.25, -0.2) is 4.98 Å². The highest BCUT2D eigenvalue weighted by atomic mass is 16.6. The van der Waals surface area contributed by atoms with Gasteiger partial charge in [0.25, 0.3) is 0 Å². The summed E-state index contributed by atoms with van der Waals surface area (Å²) in [6, 6.07) is 17.8. The Balaban J connectivity index is 1.55. The lowest BCUT2D eigenvalue weighted by molar-refractivity contribution is 0.263. The van der Waals surface area contributed by atoms with Crippen molar-refractivity contribution < 1.29 is 13.9 Å². The number of hydrogen-bond donors (Lipinski definition) is 0. The van der Waals surface area contributed by atoms with Gasteiger partial charge in [-0.15, -0.1) is 0 Å². The average molecular weight is 307 g/mol. The molecule has 3 aromatic rings. The first-order chi connectivity index (χ1) is 11.3. The van der Waals surface area contributed by atoms with Gasteiger partial charge < -0.3 is 13.9 Å². The van der Waals surface area contributed by atoms with Crippen molar-refractivity contribution in [3.63, 3.8) is 0 Å². The lowest BCUT2D eigenvalue weighted by atomic mass is 10.1. The largest absolute Gasteiger partial charge is 0.491 e. The maximum absolute atomic E-state index is 5.83. The standard InChI is InChI=1S/C19H17NO3/c1-13-18(14-5-3-2-4-6-14)20-19(23-13)15-7-9-16(10-8-15)21-11-17-12-22-17/h2-10,17H,11-12H2,1H3. The van der Waals surface area contributed by atoms with Crippen molar-refractivity contribution in [2.24, 2.45) is 0 Å². The zero-order valence-corrected chi connectivity index (χ0v) is 12.9. The van der Waals surface area contributed by atoms with E-state index in [4.69, 9.17) is 13.9 Å². The highest BCUT2D eigenvalue weighted by Gasteiger charge is 2.23. The summed E-state index contributed by atoms with van der Waals surface area (Å²) in [5, 5.41) is 0.